The summed E-state index contributed by atoms with van der Waals surface area (Å²) in [6.45, 7) is 1.90. The molecule has 1 aliphatic carbocycles. The van der Waals surface area contributed by atoms with Gasteiger partial charge in [-0.2, -0.15) is 0 Å². The van der Waals surface area contributed by atoms with Gasteiger partial charge in [-0.05, 0) is 38.2 Å². The highest BCUT2D eigenvalue weighted by Crippen LogP contribution is 2.36. The van der Waals surface area contributed by atoms with E-state index in [2.05, 4.69) is 5.32 Å². The number of ether oxygens (including phenoxy) is 1. The maximum Gasteiger partial charge on any atom is 0.244 e. The van der Waals surface area contributed by atoms with Crippen molar-refractivity contribution >= 4 is 11.7 Å². The van der Waals surface area contributed by atoms with Crippen LogP contribution in [0.2, 0.25) is 0 Å². The van der Waals surface area contributed by atoms with E-state index in [1.54, 1.807) is 12.2 Å². The third-order valence-corrected chi connectivity index (χ3v) is 6.33. The summed E-state index contributed by atoms with van der Waals surface area (Å²) in [5.41, 5.74) is 2.22. The van der Waals surface area contributed by atoms with Crippen molar-refractivity contribution in [3.05, 3.63) is 95.3 Å². The van der Waals surface area contributed by atoms with E-state index >= 15 is 0 Å². The number of hydrogen-bond acceptors (Lipinski definition) is 5. The van der Waals surface area contributed by atoms with Crippen LogP contribution in [0.4, 0.5) is 0 Å². The minimum atomic E-state index is -0.810. The average molecular weight is 478 g/mol. The molecule has 186 valence electrons. The first-order valence-corrected chi connectivity index (χ1v) is 12.1. The number of allylic oxidation sites excluding steroid dienone is 7. The predicted octanol–water partition coefficient (Wildman–Crippen LogP) is 4.81. The van der Waals surface area contributed by atoms with Crippen molar-refractivity contribution in [3.8, 4) is 0 Å². The van der Waals surface area contributed by atoms with Crippen LogP contribution in [0.25, 0.3) is 0 Å². The Labute approximate surface area is 207 Å². The van der Waals surface area contributed by atoms with Gasteiger partial charge in [0.05, 0.1) is 12.1 Å². The molecule has 35 heavy (non-hydrogen) atoms. The minimum absolute atomic E-state index is 0.0444. The highest BCUT2D eigenvalue weighted by atomic mass is 16.5. The van der Waals surface area contributed by atoms with Crippen LogP contribution in [0.5, 0.6) is 0 Å². The van der Waals surface area contributed by atoms with E-state index in [0.29, 0.717) is 31.3 Å². The second-order valence-corrected chi connectivity index (χ2v) is 9.03. The van der Waals surface area contributed by atoms with Crippen molar-refractivity contribution in [1.29, 1.82) is 0 Å². The molecule has 0 unspecified atom stereocenters. The number of nitrogens with one attached hydrogen (secondary N) is 1. The van der Waals surface area contributed by atoms with Crippen LogP contribution in [0.1, 0.15) is 50.6 Å². The molecule has 6 nitrogen and oxygen atoms in total. The van der Waals surface area contributed by atoms with E-state index in [0.717, 1.165) is 11.1 Å². The lowest BCUT2D eigenvalue weighted by molar-refractivity contribution is -0.118. The van der Waals surface area contributed by atoms with Gasteiger partial charge in [0.25, 0.3) is 0 Å². The fourth-order valence-electron chi connectivity index (χ4n) is 4.50. The summed E-state index contributed by atoms with van der Waals surface area (Å²) >= 11 is 0. The molecule has 0 saturated heterocycles. The van der Waals surface area contributed by atoms with Crippen molar-refractivity contribution in [1.82, 2.24) is 5.32 Å². The molecule has 0 aromatic heterocycles. The fraction of sp³-hybridized carbons (Fsp3) is 0.379. The van der Waals surface area contributed by atoms with Crippen LogP contribution < -0.4 is 5.32 Å². The summed E-state index contributed by atoms with van der Waals surface area (Å²) in [5.74, 6) is -0.790. The van der Waals surface area contributed by atoms with Gasteiger partial charge in [0.15, 0.2) is 5.78 Å². The average Bonchev–Trinajstić information content (AvgIpc) is 3.15. The van der Waals surface area contributed by atoms with Gasteiger partial charge in [-0.15, -0.1) is 0 Å². The Bertz CT molecular complexity index is 1030. The second-order valence-electron chi connectivity index (χ2n) is 9.03. The number of benzene rings is 1. The molecule has 0 radical (unpaired) electrons. The number of carbonyl (C=O) groups excluding carboxylic acids is 2. The highest BCUT2D eigenvalue weighted by Gasteiger charge is 2.36. The SMILES string of the molecule is CO[C@@H]1C[C@H]2\C=C(C)/C=C/C=C\C(=O)N[C@@H](c3ccccc3)C/C=C/CC[C@@H](O)CC(=O)C2=C1O. The summed E-state index contributed by atoms with van der Waals surface area (Å²) < 4.78 is 5.35. The van der Waals surface area contributed by atoms with Gasteiger partial charge in [0.1, 0.15) is 11.9 Å². The van der Waals surface area contributed by atoms with Crippen molar-refractivity contribution < 1.29 is 24.5 Å². The van der Waals surface area contributed by atoms with E-state index in [9.17, 15) is 19.8 Å². The van der Waals surface area contributed by atoms with E-state index in [1.807, 2.05) is 61.6 Å². The maximum absolute atomic E-state index is 13.0. The number of methoxy groups -OCH3 is 1. The number of aliphatic hydroxyl groups excluding tert-OH is 2. The van der Waals surface area contributed by atoms with Crippen LogP contribution in [-0.2, 0) is 14.3 Å². The van der Waals surface area contributed by atoms with Crippen LogP contribution in [0, 0.1) is 5.92 Å². The third kappa shape index (κ3) is 7.64. The van der Waals surface area contributed by atoms with Crippen molar-refractivity contribution in [2.24, 2.45) is 5.92 Å². The molecule has 4 atom stereocenters. The van der Waals surface area contributed by atoms with E-state index < -0.39 is 12.2 Å². The zero-order valence-electron chi connectivity index (χ0n) is 20.4. The predicted molar refractivity (Wildman–Crippen MR) is 137 cm³/mol. The lowest BCUT2D eigenvalue weighted by Gasteiger charge is -2.17. The molecule has 1 heterocycles. The highest BCUT2D eigenvalue weighted by molar-refractivity contribution is 5.97. The zero-order chi connectivity index (χ0) is 25.2. The van der Waals surface area contributed by atoms with Gasteiger partial charge in [0, 0.05) is 31.1 Å². The number of amides is 1. The molecule has 1 amide bonds. The van der Waals surface area contributed by atoms with Crippen LogP contribution in [-0.4, -0.2) is 41.2 Å². The lowest BCUT2D eigenvalue weighted by Crippen LogP contribution is -2.26. The van der Waals surface area contributed by atoms with Crippen molar-refractivity contribution in [2.45, 2.75) is 57.3 Å². The molecule has 3 rings (SSSR count). The number of rotatable bonds is 2. The minimum Gasteiger partial charge on any atom is -0.509 e. The van der Waals surface area contributed by atoms with Crippen LogP contribution in [0.3, 0.4) is 0 Å². The Morgan fingerprint density at radius 2 is 1.80 bits per heavy atom. The summed E-state index contributed by atoms with van der Waals surface area (Å²) in [4.78, 5) is 25.5. The molecule has 0 saturated carbocycles. The number of ketones is 1. The second kappa shape index (κ2) is 13.0. The topological polar surface area (TPSA) is 95.9 Å². The smallest absolute Gasteiger partial charge is 0.244 e. The number of aliphatic hydroxyl groups is 2. The third-order valence-electron chi connectivity index (χ3n) is 6.33. The lowest BCUT2D eigenvalue weighted by atomic mass is 9.92. The molecule has 1 aromatic carbocycles. The van der Waals surface area contributed by atoms with Gasteiger partial charge < -0.3 is 20.3 Å². The first kappa shape index (κ1) is 26.4. The Balaban J connectivity index is 1.84. The fourth-order valence-corrected chi connectivity index (χ4v) is 4.50. The van der Waals surface area contributed by atoms with Gasteiger partial charge in [-0.1, -0.05) is 72.4 Å². The Morgan fingerprint density at radius 3 is 2.54 bits per heavy atom. The number of carbonyl (C=O) groups is 2. The molecule has 0 fully saturated rings. The summed E-state index contributed by atoms with van der Waals surface area (Å²) in [5, 5.41) is 24.1. The van der Waals surface area contributed by atoms with Gasteiger partial charge in [0.2, 0.25) is 5.91 Å². The summed E-state index contributed by atoms with van der Waals surface area (Å²) in [6.07, 6.45) is 13.4. The number of fused-ring (bicyclic) bond motifs is 1. The quantitative estimate of drug-likeness (QED) is 0.532. The van der Waals surface area contributed by atoms with E-state index in [-0.39, 0.29) is 35.8 Å². The molecule has 0 bridgehead atoms. The van der Waals surface area contributed by atoms with Gasteiger partial charge in [-0.25, -0.2) is 0 Å². The standard InChI is InChI=1S/C29H35NO5/c1-20-11-9-10-16-27(33)30-24(21-12-5-3-6-13-21)15-8-4-7-14-23(31)19-25(32)28-22(17-20)18-26(35-2)29(28)34/h3-6,8-13,16-17,22-24,26,31,34H,7,14-15,18-19H2,1-2H3,(H,30,33)/b8-4+,11-9+,16-10-,20-17-/t22-,23-,24-,26-/m1/s1. The Morgan fingerprint density at radius 1 is 1.06 bits per heavy atom. The molecule has 0 spiro atoms. The van der Waals surface area contributed by atoms with Crippen molar-refractivity contribution in [3.63, 3.8) is 0 Å². The number of Topliss-reactive ketones (excluding diaryl/α,β-unsaturated/α-hetero) is 1. The monoisotopic (exact) mass is 477 g/mol. The molecule has 1 aliphatic heterocycles. The maximum atomic E-state index is 13.0. The Kier molecular flexibility index (Phi) is 9.82. The molecular formula is C29H35NO5. The number of hydrogen-bond donors (Lipinski definition) is 3. The van der Waals surface area contributed by atoms with E-state index in [1.165, 1.54) is 13.2 Å². The first-order chi connectivity index (χ1) is 16.9. The largest absolute Gasteiger partial charge is 0.509 e. The first-order valence-electron chi connectivity index (χ1n) is 12.1. The molecule has 2 aliphatic rings. The molecule has 6 heteroatoms. The van der Waals surface area contributed by atoms with Crippen LogP contribution >= 0.6 is 0 Å². The molecular weight excluding hydrogens is 442 g/mol. The summed E-state index contributed by atoms with van der Waals surface area (Å²) in [6, 6.07) is 9.61. The van der Waals surface area contributed by atoms with Crippen molar-refractivity contribution in [2.75, 3.05) is 7.11 Å². The molecule has 3 N–H and O–H groups in total. The normalized spacial score (nSPS) is 31.2. The van der Waals surface area contributed by atoms with Gasteiger partial charge >= 0.3 is 0 Å². The Hall–Kier alpha value is -3.22. The summed E-state index contributed by atoms with van der Waals surface area (Å²) in [7, 11) is 1.51. The van der Waals surface area contributed by atoms with Crippen LogP contribution in [0.15, 0.2) is 89.8 Å². The van der Waals surface area contributed by atoms with Gasteiger partial charge in [-0.3, -0.25) is 9.59 Å². The molecule has 1 aromatic rings. The van der Waals surface area contributed by atoms with E-state index in [4.69, 9.17) is 4.74 Å². The zero-order valence-corrected chi connectivity index (χ0v) is 20.4.